The van der Waals surface area contributed by atoms with Gasteiger partial charge in [0.2, 0.25) is 0 Å². The van der Waals surface area contributed by atoms with Gasteiger partial charge in [0.05, 0.1) is 23.7 Å². The van der Waals surface area contributed by atoms with Crippen LogP contribution < -0.4 is 0 Å². The molecule has 0 amide bonds. The number of phenols is 2. The van der Waals surface area contributed by atoms with Crippen LogP contribution in [0.4, 0.5) is 0 Å². The third-order valence-electron chi connectivity index (χ3n) is 1.51. The van der Waals surface area contributed by atoms with Gasteiger partial charge in [0, 0.05) is 21.7 Å². The average molecular weight is 341 g/mol. The second-order valence-electron chi connectivity index (χ2n) is 2.67. The van der Waals surface area contributed by atoms with Crippen molar-refractivity contribution in [2.75, 3.05) is 0 Å². The molecule has 2 rings (SSSR count). The van der Waals surface area contributed by atoms with E-state index in [0.29, 0.717) is 11.5 Å². The number of para-hydroxylation sites is 2. The molecule has 0 saturated heterocycles. The molecule has 4 nitrogen and oxygen atoms in total. The molecule has 0 aliphatic carbocycles. The van der Waals surface area contributed by atoms with Gasteiger partial charge in [-0.2, -0.15) is 0 Å². The van der Waals surface area contributed by atoms with E-state index in [-0.39, 0.29) is 21.7 Å². The molecular formula is C12H14Cl2O4Ti. The Balaban J connectivity index is -0.000000205. The molecule has 19 heavy (non-hydrogen) atoms. The fourth-order valence-electron chi connectivity index (χ4n) is 0.856. The smallest absolute Gasteiger partial charge is 0.115 e. The first-order chi connectivity index (χ1) is 8.79. The summed E-state index contributed by atoms with van der Waals surface area (Å²) in [5, 5.41) is 17.3. The zero-order valence-corrected chi connectivity index (χ0v) is 12.9. The molecule has 104 valence electrons. The van der Waals surface area contributed by atoms with Crippen molar-refractivity contribution >= 4 is 23.7 Å². The van der Waals surface area contributed by atoms with E-state index in [0.717, 1.165) is 0 Å². The van der Waals surface area contributed by atoms with Gasteiger partial charge in [-0.25, -0.2) is 0 Å². The molecule has 0 aliphatic heterocycles. The molecule has 0 saturated carbocycles. The molecule has 2 aromatic rings. The normalized spacial score (nSPS) is 6.95. The van der Waals surface area contributed by atoms with Gasteiger partial charge in [-0.15, -0.1) is 0 Å². The topological polar surface area (TPSA) is 80.9 Å². The maximum atomic E-state index is 8.63. The monoisotopic (exact) mass is 340 g/mol. The molecule has 0 aliphatic rings. The summed E-state index contributed by atoms with van der Waals surface area (Å²) in [6, 6.07) is 17.4. The first-order valence-electron chi connectivity index (χ1n) is 4.61. The fourth-order valence-corrected chi connectivity index (χ4v) is 0.856. The summed E-state index contributed by atoms with van der Waals surface area (Å²) in [6.45, 7) is 0. The Hall–Kier alpha value is -0.746. The van der Waals surface area contributed by atoms with E-state index in [1.165, 1.54) is 0 Å². The van der Waals surface area contributed by atoms with Crippen LogP contribution in [0, 0.1) is 0 Å². The van der Waals surface area contributed by atoms with Crippen LogP contribution in [0.1, 0.15) is 0 Å². The molecule has 0 bridgehead atoms. The molecule has 0 spiro atoms. The Morgan fingerprint density at radius 2 is 0.737 bits per heavy atom. The van der Waals surface area contributed by atoms with Gasteiger partial charge in [-0.05, 0) is 24.3 Å². The molecule has 7 heteroatoms. The van der Waals surface area contributed by atoms with Crippen LogP contribution >= 0.6 is 23.7 Å². The van der Waals surface area contributed by atoms with E-state index in [1.807, 2.05) is 12.1 Å². The van der Waals surface area contributed by atoms with Crippen molar-refractivity contribution in [1.82, 2.24) is 0 Å². The van der Waals surface area contributed by atoms with Gasteiger partial charge >= 0.3 is 0 Å². The van der Waals surface area contributed by atoms with Gasteiger partial charge in [0.1, 0.15) is 11.5 Å². The molecule has 2 aromatic carbocycles. The number of rotatable bonds is 0. The quantitative estimate of drug-likeness (QED) is 0.556. The van der Waals surface area contributed by atoms with Crippen LogP contribution in [0.15, 0.2) is 60.7 Å². The number of benzene rings is 2. The van der Waals surface area contributed by atoms with Crippen LogP contribution in [0.2, 0.25) is 0 Å². The summed E-state index contributed by atoms with van der Waals surface area (Å²) in [6.07, 6.45) is 0. The molecule has 0 fully saturated rings. The second-order valence-corrected chi connectivity index (χ2v) is 2.67. The van der Waals surface area contributed by atoms with Crippen molar-refractivity contribution in [2.45, 2.75) is 0 Å². The number of aromatic hydroxyl groups is 2. The summed E-state index contributed by atoms with van der Waals surface area (Å²) in [7, 11) is 0. The van der Waals surface area contributed by atoms with E-state index in [2.05, 4.69) is 23.7 Å². The summed E-state index contributed by atoms with van der Waals surface area (Å²) in [5.41, 5.74) is 0. The maximum Gasteiger partial charge on any atom is 0.115 e. The van der Waals surface area contributed by atoms with Gasteiger partial charge < -0.3 is 10.2 Å². The zero-order valence-electron chi connectivity index (χ0n) is 9.82. The van der Waals surface area contributed by atoms with E-state index in [1.54, 1.807) is 48.5 Å². The molecule has 0 atom stereocenters. The SMILES string of the molecule is OCl.OCl.Oc1ccccc1.Oc1ccccc1.[Ti]. The van der Waals surface area contributed by atoms with E-state index in [4.69, 9.17) is 19.5 Å². The Morgan fingerprint density at radius 3 is 0.842 bits per heavy atom. The van der Waals surface area contributed by atoms with E-state index < -0.39 is 0 Å². The predicted octanol–water partition coefficient (Wildman–Crippen LogP) is 3.05. The average Bonchev–Trinajstić information content (AvgIpc) is 2.46. The minimum absolute atomic E-state index is 0. The van der Waals surface area contributed by atoms with Gasteiger partial charge in [0.25, 0.3) is 0 Å². The summed E-state index contributed by atoms with van der Waals surface area (Å²) < 4.78 is 12.9. The van der Waals surface area contributed by atoms with Crippen molar-refractivity contribution in [3.63, 3.8) is 0 Å². The van der Waals surface area contributed by atoms with E-state index >= 15 is 0 Å². The van der Waals surface area contributed by atoms with Crippen LogP contribution in [-0.4, -0.2) is 19.5 Å². The van der Waals surface area contributed by atoms with Crippen LogP contribution in [0.5, 0.6) is 11.5 Å². The largest absolute Gasteiger partial charge is 0.508 e. The number of hydrogen-bond donors (Lipinski definition) is 4. The third kappa shape index (κ3) is 17.3. The van der Waals surface area contributed by atoms with E-state index in [9.17, 15) is 0 Å². The Bertz CT molecular complexity index is 325. The Labute approximate surface area is 137 Å². The number of phenolic OH excluding ortho intramolecular Hbond substituents is 2. The van der Waals surface area contributed by atoms with Crippen LogP contribution in [0.3, 0.4) is 0 Å². The van der Waals surface area contributed by atoms with Crippen LogP contribution in [0.25, 0.3) is 0 Å². The fraction of sp³-hybridized carbons (Fsp3) is 0. The predicted molar refractivity (Wildman–Crippen MR) is 72.4 cm³/mol. The van der Waals surface area contributed by atoms with Gasteiger partial charge in [0.15, 0.2) is 0 Å². The summed E-state index contributed by atoms with van der Waals surface area (Å²) >= 11 is 7.28. The first kappa shape index (κ1) is 23.4. The van der Waals surface area contributed by atoms with Gasteiger partial charge in [-0.3, -0.25) is 9.32 Å². The molecule has 0 radical (unpaired) electrons. The first-order valence-corrected chi connectivity index (χ1v) is 5.28. The number of halogens is 2. The number of hydrogen-bond acceptors (Lipinski definition) is 4. The molecular weight excluding hydrogens is 327 g/mol. The molecule has 4 N–H and O–H groups in total. The zero-order chi connectivity index (χ0) is 14.2. The van der Waals surface area contributed by atoms with Gasteiger partial charge in [-0.1, -0.05) is 36.4 Å². The summed E-state index contributed by atoms with van der Waals surface area (Å²) in [4.78, 5) is 0. The Morgan fingerprint density at radius 1 is 0.526 bits per heavy atom. The van der Waals surface area contributed by atoms with Crippen LogP contribution in [-0.2, 0) is 21.7 Å². The van der Waals surface area contributed by atoms with Crippen molar-refractivity contribution in [2.24, 2.45) is 0 Å². The standard InChI is InChI=1S/2C6H6O.2ClHO.Ti/c2*7-6-4-2-1-3-5-6;2*1-2;/h2*1-5,7H;2*2H;. The molecule has 0 aromatic heterocycles. The van der Waals surface area contributed by atoms with Crippen molar-refractivity contribution in [3.8, 4) is 11.5 Å². The Kier molecular flexibility index (Phi) is 24.1. The minimum Gasteiger partial charge on any atom is -0.508 e. The van der Waals surface area contributed by atoms with Crippen molar-refractivity contribution < 1.29 is 41.2 Å². The molecule has 0 unspecified atom stereocenters. The molecule has 0 heterocycles. The third-order valence-corrected chi connectivity index (χ3v) is 1.51. The minimum atomic E-state index is 0. The second kappa shape index (κ2) is 19.6. The van der Waals surface area contributed by atoms with Crippen molar-refractivity contribution in [1.29, 1.82) is 0 Å². The summed E-state index contributed by atoms with van der Waals surface area (Å²) in [5.74, 6) is 0.644. The van der Waals surface area contributed by atoms with Crippen molar-refractivity contribution in [3.05, 3.63) is 60.7 Å². The maximum absolute atomic E-state index is 8.63.